The van der Waals surface area contributed by atoms with E-state index >= 15 is 0 Å². The second-order valence-corrected chi connectivity index (χ2v) is 5.98. The zero-order chi connectivity index (χ0) is 15.8. The van der Waals surface area contributed by atoms with E-state index in [0.29, 0.717) is 5.92 Å². The lowest BCUT2D eigenvalue weighted by Crippen LogP contribution is -2.27. The Bertz CT molecular complexity index is 478. The molecule has 0 aliphatic carbocycles. The van der Waals surface area contributed by atoms with E-state index in [-0.39, 0.29) is 0 Å². The number of rotatable bonds is 9. The van der Waals surface area contributed by atoms with Crippen LogP contribution in [0.1, 0.15) is 51.5 Å². The molecule has 3 nitrogen and oxygen atoms in total. The molecular formula is C19H29NO2. The van der Waals surface area contributed by atoms with Gasteiger partial charge in [-0.3, -0.25) is 0 Å². The predicted octanol–water partition coefficient (Wildman–Crippen LogP) is 4.59. The highest BCUT2D eigenvalue weighted by Gasteiger charge is 2.14. The number of fused-ring (bicyclic) bond motifs is 1. The third-order valence-electron chi connectivity index (χ3n) is 4.00. The lowest BCUT2D eigenvalue weighted by Gasteiger charge is -2.21. The van der Waals surface area contributed by atoms with Crippen molar-refractivity contribution in [3.63, 3.8) is 0 Å². The van der Waals surface area contributed by atoms with Crippen LogP contribution in [0.5, 0.6) is 11.5 Å². The summed E-state index contributed by atoms with van der Waals surface area (Å²) in [5.74, 6) is 2.24. The minimum Gasteiger partial charge on any atom is -0.493 e. The second kappa shape index (κ2) is 8.84. The minimum atomic E-state index is 0.412. The highest BCUT2D eigenvalue weighted by Crippen LogP contribution is 2.34. The Morgan fingerprint density at radius 3 is 2.64 bits per heavy atom. The molecule has 1 unspecified atom stereocenters. The predicted molar refractivity (Wildman–Crippen MR) is 91.8 cm³/mol. The molecule has 0 radical (unpaired) electrons. The normalized spacial score (nSPS) is 16.5. The summed E-state index contributed by atoms with van der Waals surface area (Å²) in [7, 11) is 0. The highest BCUT2D eigenvalue weighted by atomic mass is 16.5. The van der Waals surface area contributed by atoms with Crippen LogP contribution >= 0.6 is 0 Å². The Morgan fingerprint density at radius 1 is 1.14 bits per heavy atom. The quantitative estimate of drug-likeness (QED) is 0.623. The van der Waals surface area contributed by atoms with Crippen LogP contribution in [-0.2, 0) is 0 Å². The fourth-order valence-corrected chi connectivity index (χ4v) is 2.86. The maximum Gasteiger partial charge on any atom is 0.133 e. The van der Waals surface area contributed by atoms with E-state index in [0.717, 1.165) is 31.1 Å². The van der Waals surface area contributed by atoms with Gasteiger partial charge in [0, 0.05) is 24.1 Å². The van der Waals surface area contributed by atoms with Gasteiger partial charge in [0.05, 0.1) is 12.9 Å². The summed E-state index contributed by atoms with van der Waals surface area (Å²) < 4.78 is 11.5. The summed E-state index contributed by atoms with van der Waals surface area (Å²) in [4.78, 5) is 2.52. The maximum atomic E-state index is 5.88. The molecular weight excluding hydrogens is 274 g/mol. The molecule has 2 rings (SSSR count). The third kappa shape index (κ3) is 4.77. The average molecular weight is 303 g/mol. The zero-order valence-electron chi connectivity index (χ0n) is 14.2. The van der Waals surface area contributed by atoms with Crippen LogP contribution in [0, 0.1) is 0 Å². The number of benzene rings is 1. The molecule has 0 aromatic heterocycles. The average Bonchev–Trinajstić information content (AvgIpc) is 2.52. The maximum absolute atomic E-state index is 5.88. The zero-order valence-corrected chi connectivity index (χ0v) is 14.2. The lowest BCUT2D eigenvalue weighted by molar-refractivity contribution is 0.234. The molecule has 0 bridgehead atoms. The molecule has 1 atom stereocenters. The van der Waals surface area contributed by atoms with Gasteiger partial charge in [-0.2, -0.15) is 0 Å². The fourth-order valence-electron chi connectivity index (χ4n) is 2.86. The third-order valence-corrected chi connectivity index (χ3v) is 4.00. The van der Waals surface area contributed by atoms with Crippen LogP contribution in [-0.4, -0.2) is 31.1 Å². The SMILES string of the molecule is CCCN(CCC)CCCOc1ccc2c(c1)OC=CC2C. The van der Waals surface area contributed by atoms with Crippen LogP contribution in [0.3, 0.4) is 0 Å². The molecule has 1 aromatic rings. The Kier molecular flexibility index (Phi) is 6.78. The summed E-state index contributed by atoms with van der Waals surface area (Å²) in [6, 6.07) is 6.16. The monoisotopic (exact) mass is 303 g/mol. The first kappa shape index (κ1) is 16.9. The van der Waals surface area contributed by atoms with Gasteiger partial charge in [-0.25, -0.2) is 0 Å². The van der Waals surface area contributed by atoms with Gasteiger partial charge in [0.1, 0.15) is 11.5 Å². The van der Waals surface area contributed by atoms with Crippen LogP contribution in [0.4, 0.5) is 0 Å². The topological polar surface area (TPSA) is 21.7 Å². The highest BCUT2D eigenvalue weighted by molar-refractivity contribution is 5.45. The van der Waals surface area contributed by atoms with Crippen molar-refractivity contribution < 1.29 is 9.47 Å². The van der Waals surface area contributed by atoms with Gasteiger partial charge in [0.2, 0.25) is 0 Å². The molecule has 22 heavy (non-hydrogen) atoms. The molecule has 3 heteroatoms. The van der Waals surface area contributed by atoms with Gasteiger partial charge >= 0.3 is 0 Å². The standard InChI is InChI=1S/C19H29NO2/c1-4-10-20(11-5-2)12-6-13-21-17-7-8-18-16(3)9-14-22-19(18)15-17/h7-9,14-16H,4-6,10-13H2,1-3H3. The molecule has 0 amide bonds. The van der Waals surface area contributed by atoms with Gasteiger partial charge in [0.15, 0.2) is 0 Å². The molecule has 0 saturated carbocycles. The van der Waals surface area contributed by atoms with Crippen molar-refractivity contribution in [3.05, 3.63) is 36.1 Å². The summed E-state index contributed by atoms with van der Waals surface area (Å²) in [5.41, 5.74) is 1.23. The Hall–Kier alpha value is -1.48. The van der Waals surface area contributed by atoms with Gasteiger partial charge in [0.25, 0.3) is 0 Å². The van der Waals surface area contributed by atoms with Crippen molar-refractivity contribution >= 4 is 0 Å². The van der Waals surface area contributed by atoms with Gasteiger partial charge in [-0.05, 0) is 44.5 Å². The first-order chi connectivity index (χ1) is 10.7. The lowest BCUT2D eigenvalue weighted by atomic mass is 9.99. The van der Waals surface area contributed by atoms with Gasteiger partial charge < -0.3 is 14.4 Å². The molecule has 1 heterocycles. The van der Waals surface area contributed by atoms with Crippen LogP contribution in [0.2, 0.25) is 0 Å². The van der Waals surface area contributed by atoms with E-state index in [9.17, 15) is 0 Å². The molecule has 1 aliphatic rings. The Labute approximate surface area is 134 Å². The Balaban J connectivity index is 1.78. The molecule has 0 saturated heterocycles. The number of allylic oxidation sites excluding steroid dienone is 1. The number of hydrogen-bond acceptors (Lipinski definition) is 3. The van der Waals surface area contributed by atoms with Gasteiger partial charge in [-0.1, -0.05) is 26.8 Å². The molecule has 0 spiro atoms. The molecule has 1 aliphatic heterocycles. The van der Waals surface area contributed by atoms with Crippen molar-refractivity contribution in [3.8, 4) is 11.5 Å². The largest absolute Gasteiger partial charge is 0.493 e. The van der Waals surface area contributed by atoms with Crippen molar-refractivity contribution in [1.29, 1.82) is 0 Å². The van der Waals surface area contributed by atoms with E-state index in [1.807, 2.05) is 12.1 Å². The van der Waals surface area contributed by atoms with E-state index < -0.39 is 0 Å². The van der Waals surface area contributed by atoms with Crippen LogP contribution in [0.25, 0.3) is 0 Å². The van der Waals surface area contributed by atoms with Crippen LogP contribution in [0.15, 0.2) is 30.5 Å². The van der Waals surface area contributed by atoms with E-state index in [2.05, 4.69) is 37.8 Å². The number of ether oxygens (including phenoxy) is 2. The van der Waals surface area contributed by atoms with E-state index in [1.54, 1.807) is 6.26 Å². The molecule has 1 aromatic carbocycles. The first-order valence-corrected chi connectivity index (χ1v) is 8.57. The van der Waals surface area contributed by atoms with E-state index in [4.69, 9.17) is 9.47 Å². The van der Waals surface area contributed by atoms with Gasteiger partial charge in [-0.15, -0.1) is 0 Å². The Morgan fingerprint density at radius 2 is 1.91 bits per heavy atom. The molecule has 0 N–H and O–H groups in total. The van der Waals surface area contributed by atoms with Crippen LogP contribution < -0.4 is 9.47 Å². The first-order valence-electron chi connectivity index (χ1n) is 8.57. The summed E-state index contributed by atoms with van der Waals surface area (Å²) in [6.07, 6.45) is 7.33. The summed E-state index contributed by atoms with van der Waals surface area (Å²) in [5, 5.41) is 0. The summed E-state index contributed by atoms with van der Waals surface area (Å²) in [6.45, 7) is 10.9. The summed E-state index contributed by atoms with van der Waals surface area (Å²) >= 11 is 0. The number of nitrogens with zero attached hydrogens (tertiary/aromatic N) is 1. The van der Waals surface area contributed by atoms with Crippen molar-refractivity contribution in [2.45, 2.75) is 46.0 Å². The molecule has 0 fully saturated rings. The fraction of sp³-hybridized carbons (Fsp3) is 0.579. The molecule has 122 valence electrons. The van der Waals surface area contributed by atoms with Crippen molar-refractivity contribution in [2.75, 3.05) is 26.2 Å². The van der Waals surface area contributed by atoms with Crippen molar-refractivity contribution in [2.24, 2.45) is 0 Å². The number of hydrogen-bond donors (Lipinski definition) is 0. The minimum absolute atomic E-state index is 0.412. The van der Waals surface area contributed by atoms with E-state index in [1.165, 1.54) is 31.5 Å². The van der Waals surface area contributed by atoms with Crippen molar-refractivity contribution in [1.82, 2.24) is 4.90 Å². The second-order valence-electron chi connectivity index (χ2n) is 5.98. The smallest absolute Gasteiger partial charge is 0.133 e.